The SMILES string of the molecule is CCCCN1C(=O)CCc2cc(NS(=O)(=O)c3ccc(OC)c(F)c3)ccc21. The fourth-order valence-corrected chi connectivity index (χ4v) is 4.27. The molecule has 1 heterocycles. The van der Waals surface area contributed by atoms with Crippen LogP contribution in [0.25, 0.3) is 0 Å². The van der Waals surface area contributed by atoms with Gasteiger partial charge in [0.25, 0.3) is 10.0 Å². The van der Waals surface area contributed by atoms with E-state index in [0.29, 0.717) is 25.1 Å². The number of ether oxygens (including phenoxy) is 1. The summed E-state index contributed by atoms with van der Waals surface area (Å²) in [5.74, 6) is -0.687. The number of carbonyl (C=O) groups is 1. The van der Waals surface area contributed by atoms with Crippen LogP contribution in [0.2, 0.25) is 0 Å². The standard InChI is InChI=1S/C20H23FN2O4S/c1-3-4-11-23-18-8-6-15(12-14(18)5-10-20(23)24)22-28(25,26)16-7-9-19(27-2)17(21)13-16/h6-9,12-13,22H,3-5,10-11H2,1-2H3. The van der Waals surface area contributed by atoms with Crippen molar-refractivity contribution in [2.24, 2.45) is 0 Å². The summed E-state index contributed by atoms with van der Waals surface area (Å²) in [5, 5.41) is 0. The van der Waals surface area contributed by atoms with Gasteiger partial charge in [0.05, 0.1) is 12.0 Å². The molecule has 28 heavy (non-hydrogen) atoms. The average molecular weight is 406 g/mol. The predicted molar refractivity (Wildman–Crippen MR) is 106 cm³/mol. The van der Waals surface area contributed by atoms with Crippen LogP contribution in [0, 0.1) is 5.82 Å². The van der Waals surface area contributed by atoms with Crippen LogP contribution in [-0.2, 0) is 21.2 Å². The van der Waals surface area contributed by atoms with E-state index >= 15 is 0 Å². The Morgan fingerprint density at radius 2 is 1.96 bits per heavy atom. The lowest BCUT2D eigenvalue weighted by atomic mass is 10.00. The molecule has 2 aromatic carbocycles. The Morgan fingerprint density at radius 3 is 2.64 bits per heavy atom. The van der Waals surface area contributed by atoms with E-state index < -0.39 is 15.8 Å². The number of aryl methyl sites for hydroxylation is 1. The van der Waals surface area contributed by atoms with Crippen molar-refractivity contribution in [3.8, 4) is 5.75 Å². The molecule has 0 unspecified atom stereocenters. The summed E-state index contributed by atoms with van der Waals surface area (Å²) in [6.45, 7) is 2.72. The number of benzene rings is 2. The van der Waals surface area contributed by atoms with Crippen LogP contribution in [0.3, 0.4) is 0 Å². The molecule has 6 nitrogen and oxygen atoms in total. The molecule has 0 radical (unpaired) electrons. The molecule has 1 aliphatic heterocycles. The molecule has 3 rings (SSSR count). The van der Waals surface area contributed by atoms with Gasteiger partial charge >= 0.3 is 0 Å². The smallest absolute Gasteiger partial charge is 0.262 e. The van der Waals surface area contributed by atoms with E-state index in [1.165, 1.54) is 19.2 Å². The Labute approximate surface area is 164 Å². The molecule has 0 bridgehead atoms. The first kappa shape index (κ1) is 20.1. The highest BCUT2D eigenvalue weighted by atomic mass is 32.2. The van der Waals surface area contributed by atoms with Crippen molar-refractivity contribution >= 4 is 27.3 Å². The molecule has 0 fully saturated rings. The van der Waals surface area contributed by atoms with E-state index in [2.05, 4.69) is 11.6 Å². The number of methoxy groups -OCH3 is 1. The molecule has 0 aromatic heterocycles. The Kier molecular flexibility index (Phi) is 5.88. The lowest BCUT2D eigenvalue weighted by Crippen LogP contribution is -2.35. The van der Waals surface area contributed by atoms with Gasteiger partial charge in [0.2, 0.25) is 5.91 Å². The summed E-state index contributed by atoms with van der Waals surface area (Å²) in [4.78, 5) is 13.8. The lowest BCUT2D eigenvalue weighted by Gasteiger charge is -2.29. The van der Waals surface area contributed by atoms with E-state index in [1.807, 2.05) is 0 Å². The first-order valence-electron chi connectivity index (χ1n) is 9.15. The van der Waals surface area contributed by atoms with Crippen molar-refractivity contribution < 1.29 is 22.3 Å². The van der Waals surface area contributed by atoms with Crippen molar-refractivity contribution in [2.75, 3.05) is 23.3 Å². The molecule has 0 saturated heterocycles. The number of sulfonamides is 1. The number of halogens is 1. The molecule has 1 N–H and O–H groups in total. The van der Waals surface area contributed by atoms with Crippen molar-refractivity contribution in [1.82, 2.24) is 0 Å². The molecule has 2 aromatic rings. The van der Waals surface area contributed by atoms with Crippen LogP contribution in [0.1, 0.15) is 31.7 Å². The van der Waals surface area contributed by atoms with Crippen molar-refractivity contribution in [3.05, 3.63) is 47.8 Å². The summed E-state index contributed by atoms with van der Waals surface area (Å²) in [7, 11) is -2.64. The number of carbonyl (C=O) groups excluding carboxylic acids is 1. The maximum absolute atomic E-state index is 13.9. The number of nitrogens with zero attached hydrogens (tertiary/aromatic N) is 1. The quantitative estimate of drug-likeness (QED) is 0.761. The van der Waals surface area contributed by atoms with Gasteiger partial charge in [-0.3, -0.25) is 9.52 Å². The van der Waals surface area contributed by atoms with Gasteiger partial charge in [-0.25, -0.2) is 12.8 Å². The maximum atomic E-state index is 13.9. The second-order valence-electron chi connectivity index (χ2n) is 6.64. The zero-order valence-electron chi connectivity index (χ0n) is 15.9. The molecular formula is C20H23FN2O4S. The fraction of sp³-hybridized carbons (Fsp3) is 0.350. The second kappa shape index (κ2) is 8.18. The van der Waals surface area contributed by atoms with Gasteiger partial charge in [0.1, 0.15) is 0 Å². The summed E-state index contributed by atoms with van der Waals surface area (Å²) in [5.41, 5.74) is 2.11. The van der Waals surface area contributed by atoms with Crippen molar-refractivity contribution in [1.29, 1.82) is 0 Å². The van der Waals surface area contributed by atoms with Gasteiger partial charge in [0.15, 0.2) is 11.6 Å². The maximum Gasteiger partial charge on any atom is 0.262 e. The topological polar surface area (TPSA) is 75.7 Å². The molecule has 0 saturated carbocycles. The van der Waals surface area contributed by atoms with Crippen LogP contribution in [0.15, 0.2) is 41.3 Å². The first-order valence-corrected chi connectivity index (χ1v) is 10.6. The van der Waals surface area contributed by atoms with Gasteiger partial charge in [-0.1, -0.05) is 13.3 Å². The first-order chi connectivity index (χ1) is 13.4. The Balaban J connectivity index is 1.85. The van der Waals surface area contributed by atoms with Gasteiger partial charge in [0, 0.05) is 24.3 Å². The lowest BCUT2D eigenvalue weighted by molar-refractivity contribution is -0.118. The number of nitrogens with one attached hydrogen (secondary N) is 1. The van der Waals surface area contributed by atoms with Crippen LogP contribution in [0.5, 0.6) is 5.75 Å². The molecule has 0 atom stereocenters. The van der Waals surface area contributed by atoms with Crippen LogP contribution in [0.4, 0.5) is 15.8 Å². The number of rotatable bonds is 7. The van der Waals surface area contributed by atoms with Crippen LogP contribution < -0.4 is 14.4 Å². The summed E-state index contributed by atoms with van der Waals surface area (Å²) in [6.07, 6.45) is 2.85. The van der Waals surface area contributed by atoms with E-state index in [9.17, 15) is 17.6 Å². The van der Waals surface area contributed by atoms with Crippen LogP contribution >= 0.6 is 0 Å². The Morgan fingerprint density at radius 1 is 1.18 bits per heavy atom. The largest absolute Gasteiger partial charge is 0.494 e. The van der Waals surface area contributed by atoms with Gasteiger partial charge in [-0.2, -0.15) is 0 Å². The third kappa shape index (κ3) is 4.11. The molecular weight excluding hydrogens is 383 g/mol. The van der Waals surface area contributed by atoms with E-state index in [-0.39, 0.29) is 16.6 Å². The molecule has 8 heteroatoms. The highest BCUT2D eigenvalue weighted by Gasteiger charge is 2.24. The zero-order chi connectivity index (χ0) is 20.3. The zero-order valence-corrected chi connectivity index (χ0v) is 16.7. The second-order valence-corrected chi connectivity index (χ2v) is 8.33. The molecule has 0 aliphatic carbocycles. The third-order valence-electron chi connectivity index (χ3n) is 4.70. The van der Waals surface area contributed by atoms with Crippen molar-refractivity contribution in [3.63, 3.8) is 0 Å². The van der Waals surface area contributed by atoms with E-state index in [0.717, 1.165) is 30.2 Å². The number of hydrogen-bond acceptors (Lipinski definition) is 4. The minimum atomic E-state index is -3.95. The molecule has 1 amide bonds. The highest BCUT2D eigenvalue weighted by molar-refractivity contribution is 7.92. The minimum absolute atomic E-state index is 0.0235. The fourth-order valence-electron chi connectivity index (χ4n) is 3.21. The molecule has 150 valence electrons. The Bertz CT molecular complexity index is 992. The van der Waals surface area contributed by atoms with Gasteiger partial charge in [-0.05, 0) is 54.8 Å². The number of anilines is 2. The Hall–Kier alpha value is -2.61. The summed E-state index contributed by atoms with van der Waals surface area (Å²) < 4.78 is 46.4. The van der Waals surface area contributed by atoms with Crippen LogP contribution in [-0.4, -0.2) is 28.0 Å². The summed E-state index contributed by atoms with van der Waals surface area (Å²) >= 11 is 0. The number of unbranched alkanes of at least 4 members (excludes halogenated alkanes) is 1. The van der Waals surface area contributed by atoms with Gasteiger partial charge < -0.3 is 9.64 Å². The average Bonchev–Trinajstić information content (AvgIpc) is 2.67. The van der Waals surface area contributed by atoms with Gasteiger partial charge in [-0.15, -0.1) is 0 Å². The number of hydrogen-bond donors (Lipinski definition) is 1. The molecule has 0 spiro atoms. The minimum Gasteiger partial charge on any atom is -0.494 e. The van der Waals surface area contributed by atoms with E-state index in [1.54, 1.807) is 23.1 Å². The third-order valence-corrected chi connectivity index (χ3v) is 6.08. The monoisotopic (exact) mass is 406 g/mol. The summed E-state index contributed by atoms with van der Waals surface area (Å²) in [6, 6.07) is 8.59. The normalized spacial score (nSPS) is 14.0. The number of amides is 1. The highest BCUT2D eigenvalue weighted by Crippen LogP contribution is 2.31. The molecule has 1 aliphatic rings. The number of fused-ring (bicyclic) bond motifs is 1. The van der Waals surface area contributed by atoms with Crippen molar-refractivity contribution in [2.45, 2.75) is 37.5 Å². The predicted octanol–water partition coefficient (Wildman–Crippen LogP) is 3.71. The van der Waals surface area contributed by atoms with E-state index in [4.69, 9.17) is 4.74 Å².